The van der Waals surface area contributed by atoms with E-state index in [1.54, 1.807) is 6.07 Å². The summed E-state index contributed by atoms with van der Waals surface area (Å²) in [5, 5.41) is 4.15. The van der Waals surface area contributed by atoms with Crippen molar-refractivity contribution in [3.8, 4) is 11.3 Å². The number of imidazole rings is 1. The highest BCUT2D eigenvalue weighted by atomic mass is 19.4. The lowest BCUT2D eigenvalue weighted by atomic mass is 10.1. The van der Waals surface area contributed by atoms with Crippen molar-refractivity contribution in [2.45, 2.75) is 32.1 Å². The average molecular weight is 442 g/mol. The van der Waals surface area contributed by atoms with Crippen LogP contribution in [0.1, 0.15) is 19.4 Å². The number of rotatable bonds is 2. The Hall–Kier alpha value is -3.33. The Morgan fingerprint density at radius 2 is 1.88 bits per heavy atom. The maximum atomic E-state index is 13.3. The Morgan fingerprint density at radius 3 is 2.59 bits per heavy atom. The van der Waals surface area contributed by atoms with Gasteiger partial charge in [-0.1, -0.05) is 0 Å². The molecular formula is C23H21F3N4O2. The van der Waals surface area contributed by atoms with E-state index in [0.717, 1.165) is 24.8 Å². The number of piperazine rings is 1. The molecule has 1 aliphatic heterocycles. The first-order chi connectivity index (χ1) is 15.2. The van der Waals surface area contributed by atoms with Gasteiger partial charge in [0.15, 0.2) is 0 Å². The first kappa shape index (κ1) is 20.6. The number of fused-ring (bicyclic) bond motifs is 2. The molecule has 5 rings (SSSR count). The van der Waals surface area contributed by atoms with Crippen LogP contribution >= 0.6 is 0 Å². The Kier molecular flexibility index (Phi) is 4.74. The fourth-order valence-corrected chi connectivity index (χ4v) is 4.38. The Labute approximate surface area is 181 Å². The lowest BCUT2D eigenvalue weighted by molar-refractivity contribution is -0.136. The molecule has 32 heavy (non-hydrogen) atoms. The number of hydrogen-bond donors (Lipinski definition) is 1. The van der Waals surface area contributed by atoms with Gasteiger partial charge in [-0.25, -0.2) is 9.78 Å². The molecule has 2 atom stereocenters. The molecule has 166 valence electrons. The van der Waals surface area contributed by atoms with Crippen molar-refractivity contribution in [3.63, 3.8) is 0 Å². The van der Waals surface area contributed by atoms with E-state index < -0.39 is 17.4 Å². The fourth-order valence-electron chi connectivity index (χ4n) is 4.38. The molecule has 0 bridgehead atoms. The van der Waals surface area contributed by atoms with Crippen LogP contribution in [0.25, 0.3) is 27.9 Å². The zero-order valence-electron chi connectivity index (χ0n) is 17.5. The summed E-state index contributed by atoms with van der Waals surface area (Å²) in [6.07, 6.45) is -1.68. The molecule has 4 aromatic rings. The number of benzene rings is 1. The van der Waals surface area contributed by atoms with Crippen LogP contribution in [0.5, 0.6) is 0 Å². The predicted molar refractivity (Wildman–Crippen MR) is 116 cm³/mol. The first-order valence-corrected chi connectivity index (χ1v) is 10.3. The molecule has 1 aromatic carbocycles. The molecule has 3 aromatic heterocycles. The number of nitrogens with zero attached hydrogens (tertiary/aromatic N) is 3. The van der Waals surface area contributed by atoms with Crippen LogP contribution in [0, 0.1) is 0 Å². The van der Waals surface area contributed by atoms with Crippen LogP contribution in [0.15, 0.2) is 58.0 Å². The summed E-state index contributed by atoms with van der Waals surface area (Å²) < 4.78 is 46.8. The van der Waals surface area contributed by atoms with E-state index in [2.05, 4.69) is 29.0 Å². The third-order valence-corrected chi connectivity index (χ3v) is 5.71. The number of halogens is 3. The highest BCUT2D eigenvalue weighted by molar-refractivity contribution is 5.84. The van der Waals surface area contributed by atoms with Gasteiger partial charge in [0.2, 0.25) is 0 Å². The third-order valence-electron chi connectivity index (χ3n) is 5.71. The van der Waals surface area contributed by atoms with Crippen molar-refractivity contribution in [1.82, 2.24) is 14.7 Å². The van der Waals surface area contributed by atoms with Gasteiger partial charge in [-0.05, 0) is 44.2 Å². The van der Waals surface area contributed by atoms with Gasteiger partial charge in [0.1, 0.15) is 11.2 Å². The van der Waals surface area contributed by atoms with Crippen molar-refractivity contribution < 1.29 is 17.6 Å². The summed E-state index contributed by atoms with van der Waals surface area (Å²) >= 11 is 0. The number of anilines is 1. The molecule has 0 saturated carbocycles. The number of aromatic nitrogens is 2. The zero-order chi connectivity index (χ0) is 22.6. The van der Waals surface area contributed by atoms with E-state index in [4.69, 9.17) is 4.42 Å². The lowest BCUT2D eigenvalue weighted by Crippen LogP contribution is -2.54. The SMILES string of the molecule is C[C@@H]1CN(c2ccc3cc(-c4cn5cccc(C(F)(F)F)c5n4)c(=O)oc3c2)C[C@H](C)N1. The summed E-state index contributed by atoms with van der Waals surface area (Å²) in [4.78, 5) is 19.1. The summed E-state index contributed by atoms with van der Waals surface area (Å²) in [7, 11) is 0. The Balaban J connectivity index is 1.56. The van der Waals surface area contributed by atoms with E-state index in [0.29, 0.717) is 23.1 Å². The van der Waals surface area contributed by atoms with Crippen molar-refractivity contribution in [2.24, 2.45) is 0 Å². The minimum Gasteiger partial charge on any atom is -0.422 e. The second-order valence-corrected chi connectivity index (χ2v) is 8.32. The van der Waals surface area contributed by atoms with Crippen molar-refractivity contribution in [1.29, 1.82) is 0 Å². The maximum Gasteiger partial charge on any atom is 0.419 e. The molecular weight excluding hydrogens is 421 g/mol. The van der Waals surface area contributed by atoms with Crippen molar-refractivity contribution in [3.05, 3.63) is 64.8 Å². The van der Waals surface area contributed by atoms with E-state index >= 15 is 0 Å². The smallest absolute Gasteiger partial charge is 0.419 e. The van der Waals surface area contributed by atoms with Crippen LogP contribution in [0.2, 0.25) is 0 Å². The monoisotopic (exact) mass is 442 g/mol. The summed E-state index contributed by atoms with van der Waals surface area (Å²) in [5.74, 6) is 0. The molecule has 1 fully saturated rings. The largest absolute Gasteiger partial charge is 0.422 e. The average Bonchev–Trinajstić information content (AvgIpc) is 3.15. The molecule has 0 radical (unpaired) electrons. The molecule has 1 saturated heterocycles. The van der Waals surface area contributed by atoms with Gasteiger partial charge in [-0.15, -0.1) is 0 Å². The lowest BCUT2D eigenvalue weighted by Gasteiger charge is -2.37. The molecule has 1 aliphatic rings. The highest BCUT2D eigenvalue weighted by Crippen LogP contribution is 2.33. The van der Waals surface area contributed by atoms with E-state index in [-0.39, 0.29) is 16.9 Å². The number of nitrogens with one attached hydrogen (secondary N) is 1. The van der Waals surface area contributed by atoms with Crippen LogP contribution in [0.4, 0.5) is 18.9 Å². The van der Waals surface area contributed by atoms with Crippen LogP contribution in [-0.4, -0.2) is 34.6 Å². The van der Waals surface area contributed by atoms with Crippen LogP contribution in [0.3, 0.4) is 0 Å². The second-order valence-electron chi connectivity index (χ2n) is 8.32. The topological polar surface area (TPSA) is 62.8 Å². The predicted octanol–water partition coefficient (Wildman–Crippen LogP) is 4.31. The van der Waals surface area contributed by atoms with Gasteiger partial charge >= 0.3 is 11.8 Å². The molecule has 1 N–H and O–H groups in total. The maximum absolute atomic E-state index is 13.3. The minimum atomic E-state index is -4.55. The third kappa shape index (κ3) is 3.62. The normalized spacial score (nSPS) is 19.7. The van der Waals surface area contributed by atoms with E-state index in [9.17, 15) is 18.0 Å². The van der Waals surface area contributed by atoms with E-state index in [1.807, 2.05) is 18.2 Å². The van der Waals surface area contributed by atoms with Crippen LogP contribution < -0.4 is 15.8 Å². The zero-order valence-corrected chi connectivity index (χ0v) is 17.5. The van der Waals surface area contributed by atoms with Gasteiger partial charge in [-0.3, -0.25) is 0 Å². The standard InChI is InChI=1S/C23H21F3N4O2/c1-13-10-30(11-14(2)27-13)16-6-5-15-8-17(22(31)32-20(15)9-16)19-12-29-7-3-4-18(21(29)28-19)23(24,25)26/h3-9,12-14,27H,10-11H2,1-2H3/t13-,14+. The second kappa shape index (κ2) is 7.37. The summed E-state index contributed by atoms with van der Waals surface area (Å²) in [5.41, 5.74) is -0.135. The number of hydrogen-bond acceptors (Lipinski definition) is 5. The van der Waals surface area contributed by atoms with Crippen molar-refractivity contribution >= 4 is 22.3 Å². The molecule has 4 heterocycles. The first-order valence-electron chi connectivity index (χ1n) is 10.3. The Morgan fingerprint density at radius 1 is 1.12 bits per heavy atom. The van der Waals surface area contributed by atoms with Gasteiger partial charge in [0, 0.05) is 54.7 Å². The number of alkyl halides is 3. The quantitative estimate of drug-likeness (QED) is 0.469. The molecule has 0 spiro atoms. The molecule has 0 amide bonds. The van der Waals surface area contributed by atoms with Gasteiger partial charge in [0.05, 0.1) is 16.8 Å². The van der Waals surface area contributed by atoms with E-state index in [1.165, 1.54) is 22.9 Å². The molecule has 6 nitrogen and oxygen atoms in total. The summed E-state index contributed by atoms with van der Waals surface area (Å²) in [6, 6.07) is 10.2. The van der Waals surface area contributed by atoms with Crippen molar-refractivity contribution in [2.75, 3.05) is 18.0 Å². The summed E-state index contributed by atoms with van der Waals surface area (Å²) in [6.45, 7) is 5.91. The minimum absolute atomic E-state index is 0.117. The molecule has 9 heteroatoms. The highest BCUT2D eigenvalue weighted by Gasteiger charge is 2.34. The molecule has 0 unspecified atom stereocenters. The fraction of sp³-hybridized carbons (Fsp3) is 0.304. The Bertz CT molecular complexity index is 1370. The van der Waals surface area contributed by atoms with Gasteiger partial charge in [0.25, 0.3) is 0 Å². The van der Waals surface area contributed by atoms with Gasteiger partial charge in [-0.2, -0.15) is 13.2 Å². The van der Waals surface area contributed by atoms with Crippen LogP contribution in [-0.2, 0) is 6.18 Å². The van der Waals surface area contributed by atoms with Gasteiger partial charge < -0.3 is 19.0 Å². The molecule has 0 aliphatic carbocycles. The number of pyridine rings is 1.